The van der Waals surface area contributed by atoms with Gasteiger partial charge in [0.2, 0.25) is 0 Å². The number of phenols is 2. The number of para-hydroxylation sites is 1. The molecule has 0 saturated carbocycles. The second kappa shape index (κ2) is 8.73. The highest BCUT2D eigenvalue weighted by Crippen LogP contribution is 2.44. The van der Waals surface area contributed by atoms with Crippen molar-refractivity contribution in [3.05, 3.63) is 70.8 Å². The van der Waals surface area contributed by atoms with E-state index in [0.717, 1.165) is 51.8 Å². The van der Waals surface area contributed by atoms with Gasteiger partial charge < -0.3 is 20.4 Å². The van der Waals surface area contributed by atoms with E-state index in [1.54, 1.807) is 12.1 Å². The Morgan fingerprint density at radius 2 is 1.68 bits per heavy atom. The average Bonchev–Trinajstić information content (AvgIpc) is 2.77. The lowest BCUT2D eigenvalue weighted by atomic mass is 10.1. The van der Waals surface area contributed by atoms with Crippen LogP contribution in [-0.2, 0) is 17.3 Å². The van der Waals surface area contributed by atoms with E-state index in [9.17, 15) is 14.4 Å². The summed E-state index contributed by atoms with van der Waals surface area (Å²) in [6.07, 6.45) is 0.848. The zero-order valence-corrected chi connectivity index (χ0v) is 18.9. The van der Waals surface area contributed by atoms with Gasteiger partial charge in [0, 0.05) is 18.7 Å². The molecule has 162 valence electrons. The Hall–Kier alpha value is -2.83. The monoisotopic (exact) mass is 436 g/mol. The number of aryl methyl sites for hydroxylation is 2. The van der Waals surface area contributed by atoms with E-state index in [0.29, 0.717) is 12.1 Å². The first-order valence-corrected chi connectivity index (χ1v) is 11.6. The molecule has 0 fully saturated rings. The summed E-state index contributed by atoms with van der Waals surface area (Å²) in [7, 11) is -1.18. The van der Waals surface area contributed by atoms with Crippen LogP contribution in [0.5, 0.6) is 11.5 Å². The molecule has 31 heavy (non-hydrogen) atoms. The molecule has 0 spiro atoms. The molecule has 3 aromatic rings. The van der Waals surface area contributed by atoms with Gasteiger partial charge in [-0.15, -0.1) is 0 Å². The SMILES string of the molecule is Cc1ccc2c(c1C)N(CCCNCc1c(O)ccc(C)c1O)c1ccccc1S2=O. The van der Waals surface area contributed by atoms with E-state index in [-0.39, 0.29) is 11.5 Å². The molecule has 0 saturated heterocycles. The molecule has 0 radical (unpaired) electrons. The highest BCUT2D eigenvalue weighted by atomic mass is 32.2. The molecular formula is C25H28N2O3S. The van der Waals surface area contributed by atoms with Crippen LogP contribution < -0.4 is 10.2 Å². The van der Waals surface area contributed by atoms with E-state index >= 15 is 0 Å². The maximum absolute atomic E-state index is 13.2. The van der Waals surface area contributed by atoms with Gasteiger partial charge >= 0.3 is 0 Å². The van der Waals surface area contributed by atoms with E-state index in [1.165, 1.54) is 5.56 Å². The highest BCUT2D eigenvalue weighted by Gasteiger charge is 2.29. The van der Waals surface area contributed by atoms with Gasteiger partial charge in [-0.05, 0) is 74.7 Å². The number of phenolic OH excluding ortho intramolecular Hbond substituents is 2. The first kappa shape index (κ1) is 21.4. The molecule has 0 aliphatic carbocycles. The average molecular weight is 437 g/mol. The van der Waals surface area contributed by atoms with E-state index < -0.39 is 10.8 Å². The lowest BCUT2D eigenvalue weighted by Gasteiger charge is -2.34. The summed E-state index contributed by atoms with van der Waals surface area (Å²) < 4.78 is 13.2. The van der Waals surface area contributed by atoms with Crippen molar-refractivity contribution in [2.45, 2.75) is 43.5 Å². The van der Waals surface area contributed by atoms with Crippen LogP contribution in [0.15, 0.2) is 58.3 Å². The van der Waals surface area contributed by atoms with Crippen LogP contribution in [0.2, 0.25) is 0 Å². The molecule has 1 unspecified atom stereocenters. The number of aromatic hydroxyl groups is 2. The molecule has 0 amide bonds. The van der Waals surface area contributed by atoms with Crippen LogP contribution >= 0.6 is 0 Å². The summed E-state index contributed by atoms with van der Waals surface area (Å²) in [6, 6.07) is 15.2. The molecule has 5 nitrogen and oxygen atoms in total. The molecule has 0 aromatic heterocycles. The van der Waals surface area contributed by atoms with E-state index in [4.69, 9.17) is 0 Å². The topological polar surface area (TPSA) is 72.8 Å². The van der Waals surface area contributed by atoms with Crippen molar-refractivity contribution in [1.29, 1.82) is 0 Å². The van der Waals surface area contributed by atoms with Crippen LogP contribution in [0, 0.1) is 20.8 Å². The summed E-state index contributed by atoms with van der Waals surface area (Å²) >= 11 is 0. The van der Waals surface area contributed by atoms with Crippen LogP contribution in [0.25, 0.3) is 0 Å². The Balaban J connectivity index is 1.51. The summed E-state index contributed by atoms with van der Waals surface area (Å²) in [6.45, 7) is 7.87. The fourth-order valence-electron chi connectivity index (χ4n) is 4.06. The van der Waals surface area contributed by atoms with Crippen molar-refractivity contribution in [2.75, 3.05) is 18.0 Å². The normalized spacial score (nSPS) is 14.9. The summed E-state index contributed by atoms with van der Waals surface area (Å²) in [5.74, 6) is 0.239. The number of nitrogens with one attached hydrogen (secondary N) is 1. The van der Waals surface area contributed by atoms with Crippen molar-refractivity contribution in [2.24, 2.45) is 0 Å². The Kier molecular flexibility index (Phi) is 6.03. The fraction of sp³-hybridized carbons (Fsp3) is 0.280. The molecule has 0 bridgehead atoms. The molecule has 1 aliphatic heterocycles. The molecule has 3 N–H and O–H groups in total. The number of anilines is 2. The first-order chi connectivity index (χ1) is 14.9. The van der Waals surface area contributed by atoms with Gasteiger partial charge in [0.05, 0.1) is 32.0 Å². The van der Waals surface area contributed by atoms with Gasteiger partial charge in [0.25, 0.3) is 0 Å². The third-order valence-electron chi connectivity index (χ3n) is 5.99. The zero-order valence-electron chi connectivity index (χ0n) is 18.1. The van der Waals surface area contributed by atoms with E-state index in [1.807, 2.05) is 43.3 Å². The second-order valence-corrected chi connectivity index (χ2v) is 9.42. The van der Waals surface area contributed by atoms with Gasteiger partial charge in [0.15, 0.2) is 0 Å². The summed E-state index contributed by atoms with van der Waals surface area (Å²) in [4.78, 5) is 3.99. The van der Waals surface area contributed by atoms with Crippen LogP contribution in [0.3, 0.4) is 0 Å². The number of hydrogen-bond donors (Lipinski definition) is 3. The largest absolute Gasteiger partial charge is 0.507 e. The van der Waals surface area contributed by atoms with Crippen LogP contribution in [0.4, 0.5) is 11.4 Å². The maximum Gasteiger partial charge on any atom is 0.126 e. The van der Waals surface area contributed by atoms with Crippen molar-refractivity contribution >= 4 is 22.2 Å². The van der Waals surface area contributed by atoms with E-state index in [2.05, 4.69) is 24.1 Å². The van der Waals surface area contributed by atoms with Crippen molar-refractivity contribution < 1.29 is 14.4 Å². The molecule has 1 atom stereocenters. The number of rotatable bonds is 6. The highest BCUT2D eigenvalue weighted by molar-refractivity contribution is 7.85. The standard InChI is InChI=1S/C25H28N2O3S/c1-16-10-12-23-24(18(16)3)27(20-7-4-5-8-22(20)31(23)30)14-6-13-26-15-19-21(28)11-9-17(2)25(19)29/h4-5,7-12,26,28-29H,6,13-15H2,1-3H3. The number of nitrogens with zero attached hydrogens (tertiary/aromatic N) is 1. The molecule has 4 rings (SSSR count). The third kappa shape index (κ3) is 3.93. The minimum Gasteiger partial charge on any atom is -0.507 e. The Bertz CT molecular complexity index is 1160. The van der Waals surface area contributed by atoms with Gasteiger partial charge in [-0.3, -0.25) is 0 Å². The zero-order chi connectivity index (χ0) is 22.1. The number of benzene rings is 3. The van der Waals surface area contributed by atoms with Crippen LogP contribution in [0.1, 0.15) is 28.7 Å². The maximum atomic E-state index is 13.2. The number of fused-ring (bicyclic) bond motifs is 2. The first-order valence-electron chi connectivity index (χ1n) is 10.5. The third-order valence-corrected chi connectivity index (χ3v) is 7.46. The minimum atomic E-state index is -1.18. The van der Waals surface area contributed by atoms with Gasteiger partial charge in [-0.25, -0.2) is 4.21 Å². The Morgan fingerprint density at radius 3 is 2.48 bits per heavy atom. The predicted molar refractivity (Wildman–Crippen MR) is 125 cm³/mol. The smallest absolute Gasteiger partial charge is 0.126 e. The van der Waals surface area contributed by atoms with Crippen molar-refractivity contribution in [1.82, 2.24) is 5.32 Å². The molecule has 1 aliphatic rings. The molecule has 6 heteroatoms. The van der Waals surface area contributed by atoms with Crippen molar-refractivity contribution in [3.8, 4) is 11.5 Å². The lowest BCUT2D eigenvalue weighted by Crippen LogP contribution is -2.28. The predicted octanol–water partition coefficient (Wildman–Crippen LogP) is 4.82. The lowest BCUT2D eigenvalue weighted by molar-refractivity contribution is 0.430. The fourth-order valence-corrected chi connectivity index (χ4v) is 5.50. The Morgan fingerprint density at radius 1 is 0.935 bits per heavy atom. The molecule has 3 aromatic carbocycles. The number of hydrogen-bond acceptors (Lipinski definition) is 5. The summed E-state index contributed by atoms with van der Waals surface area (Å²) in [5.41, 5.74) is 5.65. The Labute approximate surface area is 185 Å². The van der Waals surface area contributed by atoms with Gasteiger partial charge in [-0.1, -0.05) is 24.3 Å². The molecular weight excluding hydrogens is 408 g/mol. The van der Waals surface area contributed by atoms with Crippen molar-refractivity contribution in [3.63, 3.8) is 0 Å². The van der Waals surface area contributed by atoms with Gasteiger partial charge in [-0.2, -0.15) is 0 Å². The quantitative estimate of drug-likeness (QED) is 0.483. The van der Waals surface area contributed by atoms with Crippen LogP contribution in [-0.4, -0.2) is 27.5 Å². The second-order valence-electron chi connectivity index (χ2n) is 8.00. The van der Waals surface area contributed by atoms with Gasteiger partial charge in [0.1, 0.15) is 11.5 Å². The molecule has 1 heterocycles. The summed E-state index contributed by atoms with van der Waals surface area (Å²) in [5, 5.41) is 23.6. The minimum absolute atomic E-state index is 0.100.